The fraction of sp³-hybridized carbons (Fsp3) is 0.462. The SMILES string of the molecule is COC(=O)c1oc(-c2scnc2C)nc1C(C)(C)C. The summed E-state index contributed by atoms with van der Waals surface area (Å²) in [6.45, 7) is 7.80. The van der Waals surface area contributed by atoms with Crippen molar-refractivity contribution in [2.45, 2.75) is 33.1 Å². The van der Waals surface area contributed by atoms with Crippen molar-refractivity contribution in [3.05, 3.63) is 22.7 Å². The maximum absolute atomic E-state index is 11.8. The van der Waals surface area contributed by atoms with Crippen LogP contribution in [0.4, 0.5) is 0 Å². The predicted molar refractivity (Wildman–Crippen MR) is 72.4 cm³/mol. The molecule has 2 heterocycles. The monoisotopic (exact) mass is 280 g/mol. The summed E-state index contributed by atoms with van der Waals surface area (Å²) in [6.07, 6.45) is 0. The molecule has 102 valence electrons. The molecule has 5 nitrogen and oxygen atoms in total. The van der Waals surface area contributed by atoms with E-state index in [-0.39, 0.29) is 11.2 Å². The number of ether oxygens (including phenoxy) is 1. The van der Waals surface area contributed by atoms with Gasteiger partial charge in [-0.1, -0.05) is 20.8 Å². The van der Waals surface area contributed by atoms with E-state index < -0.39 is 5.97 Å². The second-order valence-electron chi connectivity index (χ2n) is 5.21. The lowest BCUT2D eigenvalue weighted by Gasteiger charge is -2.15. The molecule has 0 unspecified atom stereocenters. The van der Waals surface area contributed by atoms with Gasteiger partial charge in [0.15, 0.2) is 0 Å². The summed E-state index contributed by atoms with van der Waals surface area (Å²) >= 11 is 1.44. The van der Waals surface area contributed by atoms with Crippen LogP contribution in [0, 0.1) is 6.92 Å². The average Bonchev–Trinajstić information content (AvgIpc) is 2.92. The van der Waals surface area contributed by atoms with Gasteiger partial charge in [-0.3, -0.25) is 0 Å². The number of carbonyl (C=O) groups is 1. The van der Waals surface area contributed by atoms with Crippen LogP contribution in [-0.2, 0) is 10.2 Å². The van der Waals surface area contributed by atoms with Crippen molar-refractivity contribution in [2.75, 3.05) is 7.11 Å². The van der Waals surface area contributed by atoms with Crippen LogP contribution in [0.3, 0.4) is 0 Å². The number of rotatable bonds is 2. The van der Waals surface area contributed by atoms with Crippen molar-refractivity contribution in [1.29, 1.82) is 0 Å². The van der Waals surface area contributed by atoms with Crippen LogP contribution in [0.25, 0.3) is 10.8 Å². The zero-order chi connectivity index (χ0) is 14.2. The van der Waals surface area contributed by atoms with E-state index in [1.54, 1.807) is 5.51 Å². The number of nitrogens with zero attached hydrogens (tertiary/aromatic N) is 2. The predicted octanol–water partition coefficient (Wildman–Crippen LogP) is 3.19. The Hall–Kier alpha value is -1.69. The van der Waals surface area contributed by atoms with Crippen LogP contribution in [-0.4, -0.2) is 23.0 Å². The zero-order valence-electron chi connectivity index (χ0n) is 11.6. The smallest absolute Gasteiger partial charge is 0.376 e. The minimum absolute atomic E-state index is 0.165. The highest BCUT2D eigenvalue weighted by Gasteiger charge is 2.30. The molecule has 0 atom stereocenters. The minimum Gasteiger partial charge on any atom is -0.463 e. The number of aromatic nitrogens is 2. The Morgan fingerprint density at radius 2 is 2.11 bits per heavy atom. The lowest BCUT2D eigenvalue weighted by atomic mass is 9.91. The van der Waals surface area contributed by atoms with E-state index in [0.29, 0.717) is 11.6 Å². The lowest BCUT2D eigenvalue weighted by Crippen LogP contribution is -2.17. The fourth-order valence-corrected chi connectivity index (χ4v) is 2.39. The van der Waals surface area contributed by atoms with Gasteiger partial charge < -0.3 is 9.15 Å². The van der Waals surface area contributed by atoms with Gasteiger partial charge >= 0.3 is 5.97 Å². The summed E-state index contributed by atoms with van der Waals surface area (Å²) in [5, 5.41) is 0. The van der Waals surface area contributed by atoms with Gasteiger partial charge in [-0.2, -0.15) is 0 Å². The van der Waals surface area contributed by atoms with E-state index in [4.69, 9.17) is 9.15 Å². The Morgan fingerprint density at radius 1 is 1.42 bits per heavy atom. The average molecular weight is 280 g/mol. The van der Waals surface area contributed by atoms with Crippen molar-refractivity contribution < 1.29 is 13.9 Å². The van der Waals surface area contributed by atoms with Crippen molar-refractivity contribution in [3.8, 4) is 10.8 Å². The molecule has 0 aliphatic rings. The second kappa shape index (κ2) is 4.77. The standard InChI is InChI=1S/C13H16N2O3S/c1-7-9(19-6-14-7)11-15-10(13(2,3)4)8(18-11)12(16)17-5/h6H,1-5H3. The highest BCUT2D eigenvalue weighted by molar-refractivity contribution is 7.13. The first-order valence-corrected chi connectivity index (χ1v) is 6.72. The molecule has 0 amide bonds. The molecule has 2 aromatic heterocycles. The Kier molecular flexibility index (Phi) is 3.45. The van der Waals surface area contributed by atoms with Gasteiger partial charge in [0.05, 0.1) is 18.3 Å². The van der Waals surface area contributed by atoms with Gasteiger partial charge in [-0.25, -0.2) is 14.8 Å². The van der Waals surface area contributed by atoms with Crippen molar-refractivity contribution in [3.63, 3.8) is 0 Å². The Bertz CT molecular complexity index is 608. The Morgan fingerprint density at radius 3 is 2.58 bits per heavy atom. The molecule has 0 aromatic carbocycles. The Balaban J connectivity index is 2.58. The number of hydrogen-bond acceptors (Lipinski definition) is 6. The molecule has 0 bridgehead atoms. The third-order valence-corrected chi connectivity index (χ3v) is 3.56. The molecule has 0 N–H and O–H groups in total. The van der Waals surface area contributed by atoms with Gasteiger partial charge in [0, 0.05) is 5.41 Å². The number of aryl methyl sites for hydroxylation is 1. The molecule has 19 heavy (non-hydrogen) atoms. The summed E-state index contributed by atoms with van der Waals surface area (Å²) in [6, 6.07) is 0. The maximum Gasteiger partial charge on any atom is 0.376 e. The molecular weight excluding hydrogens is 264 g/mol. The van der Waals surface area contributed by atoms with E-state index in [1.807, 2.05) is 27.7 Å². The number of hydrogen-bond donors (Lipinski definition) is 0. The summed E-state index contributed by atoms with van der Waals surface area (Å²) < 4.78 is 10.4. The number of methoxy groups -OCH3 is 1. The molecule has 0 saturated carbocycles. The minimum atomic E-state index is -0.508. The first-order chi connectivity index (χ1) is 8.84. The number of thiazole rings is 1. The van der Waals surface area contributed by atoms with E-state index >= 15 is 0 Å². The van der Waals surface area contributed by atoms with Crippen LogP contribution in [0.1, 0.15) is 42.7 Å². The number of carbonyl (C=O) groups excluding carboxylic acids is 1. The van der Waals surface area contributed by atoms with E-state index in [1.165, 1.54) is 18.4 Å². The molecule has 6 heteroatoms. The van der Waals surface area contributed by atoms with Crippen molar-refractivity contribution in [1.82, 2.24) is 9.97 Å². The molecule has 0 fully saturated rings. The molecule has 2 rings (SSSR count). The molecule has 0 spiro atoms. The highest BCUT2D eigenvalue weighted by Crippen LogP contribution is 2.33. The highest BCUT2D eigenvalue weighted by atomic mass is 32.1. The fourth-order valence-electron chi connectivity index (χ4n) is 1.66. The van der Waals surface area contributed by atoms with Gasteiger partial charge in [0.2, 0.25) is 11.7 Å². The largest absolute Gasteiger partial charge is 0.463 e. The normalized spacial score (nSPS) is 11.6. The van der Waals surface area contributed by atoms with Crippen molar-refractivity contribution in [2.24, 2.45) is 0 Å². The summed E-state index contributed by atoms with van der Waals surface area (Å²) in [5.41, 5.74) is 2.86. The first-order valence-electron chi connectivity index (χ1n) is 5.84. The van der Waals surface area contributed by atoms with Gasteiger partial charge in [0.25, 0.3) is 0 Å². The van der Waals surface area contributed by atoms with Gasteiger partial charge in [-0.15, -0.1) is 11.3 Å². The Labute approximate surface area is 115 Å². The van der Waals surface area contributed by atoms with Crippen LogP contribution >= 0.6 is 11.3 Å². The topological polar surface area (TPSA) is 65.2 Å². The molecule has 0 aliphatic heterocycles. The second-order valence-corrected chi connectivity index (χ2v) is 6.06. The van der Waals surface area contributed by atoms with E-state index in [9.17, 15) is 4.79 Å². The first kappa shape index (κ1) is 13.7. The van der Waals surface area contributed by atoms with Crippen LogP contribution in [0.5, 0.6) is 0 Å². The van der Waals surface area contributed by atoms with Crippen LogP contribution in [0.15, 0.2) is 9.93 Å². The third-order valence-electron chi connectivity index (χ3n) is 2.65. The van der Waals surface area contributed by atoms with E-state index in [2.05, 4.69) is 9.97 Å². The van der Waals surface area contributed by atoms with Crippen LogP contribution < -0.4 is 0 Å². The third kappa shape index (κ3) is 2.53. The number of esters is 1. The van der Waals surface area contributed by atoms with Gasteiger partial charge in [-0.05, 0) is 6.92 Å². The molecule has 0 aliphatic carbocycles. The van der Waals surface area contributed by atoms with Crippen LogP contribution in [0.2, 0.25) is 0 Å². The summed E-state index contributed by atoms with van der Waals surface area (Å²) in [4.78, 5) is 21.2. The van der Waals surface area contributed by atoms with Crippen molar-refractivity contribution >= 4 is 17.3 Å². The lowest BCUT2D eigenvalue weighted by molar-refractivity contribution is 0.0562. The number of oxazole rings is 1. The molecule has 0 saturated heterocycles. The summed E-state index contributed by atoms with van der Waals surface area (Å²) in [7, 11) is 1.33. The maximum atomic E-state index is 11.8. The molecule has 0 radical (unpaired) electrons. The van der Waals surface area contributed by atoms with E-state index in [0.717, 1.165) is 10.6 Å². The van der Waals surface area contributed by atoms with Gasteiger partial charge in [0.1, 0.15) is 10.6 Å². The zero-order valence-corrected chi connectivity index (χ0v) is 12.4. The molecular formula is C13H16N2O3S. The quantitative estimate of drug-likeness (QED) is 0.790. The summed E-state index contributed by atoms with van der Waals surface area (Å²) in [5.74, 6) is 0.0777. The molecule has 2 aromatic rings.